The third-order valence-electron chi connectivity index (χ3n) is 6.29. The fourth-order valence-corrected chi connectivity index (χ4v) is 4.62. The van der Waals surface area contributed by atoms with Gasteiger partial charge in [0, 0.05) is 31.9 Å². The van der Waals surface area contributed by atoms with Crippen LogP contribution < -0.4 is 0 Å². The number of likely N-dealkylation sites (tertiary alicyclic amines) is 2. The minimum absolute atomic E-state index is 0.0377. The molecule has 2 aromatic rings. The molecule has 2 aliphatic heterocycles. The molecule has 4 rings (SSSR count). The molecule has 0 aliphatic carbocycles. The molecular formula is C22H22F3N3O2. The largest absolute Gasteiger partial charge is 0.416 e. The molecule has 1 aromatic heterocycles. The average molecular weight is 417 g/mol. The van der Waals surface area contributed by atoms with Crippen molar-refractivity contribution < 1.29 is 22.8 Å². The first-order chi connectivity index (χ1) is 14.2. The lowest BCUT2D eigenvalue weighted by Gasteiger charge is -2.47. The van der Waals surface area contributed by atoms with E-state index in [2.05, 4.69) is 4.98 Å². The van der Waals surface area contributed by atoms with Crippen LogP contribution in [0.25, 0.3) is 0 Å². The van der Waals surface area contributed by atoms with E-state index in [0.29, 0.717) is 36.9 Å². The predicted octanol–water partition coefficient (Wildman–Crippen LogP) is 3.90. The smallest absolute Gasteiger partial charge is 0.333 e. The van der Waals surface area contributed by atoms with Crippen LogP contribution in [0.4, 0.5) is 13.2 Å². The van der Waals surface area contributed by atoms with Crippen molar-refractivity contribution in [3.63, 3.8) is 0 Å². The predicted molar refractivity (Wildman–Crippen MR) is 103 cm³/mol. The number of aromatic nitrogens is 1. The molecule has 2 saturated heterocycles. The van der Waals surface area contributed by atoms with Gasteiger partial charge in [0.05, 0.1) is 22.7 Å². The maximum absolute atomic E-state index is 13.0. The minimum atomic E-state index is -4.39. The summed E-state index contributed by atoms with van der Waals surface area (Å²) in [4.78, 5) is 33.3. The van der Waals surface area contributed by atoms with Crippen LogP contribution >= 0.6 is 0 Å². The van der Waals surface area contributed by atoms with Crippen LogP contribution in [0.1, 0.15) is 47.7 Å². The summed E-state index contributed by atoms with van der Waals surface area (Å²) in [6.07, 6.45) is 0.246. The maximum Gasteiger partial charge on any atom is 0.416 e. The Kier molecular flexibility index (Phi) is 5.03. The summed E-state index contributed by atoms with van der Waals surface area (Å²) < 4.78 is 38.5. The quantitative estimate of drug-likeness (QED) is 0.761. The number of nitrogens with zero attached hydrogens (tertiary/aromatic N) is 3. The highest BCUT2D eigenvalue weighted by Gasteiger charge is 2.53. The topological polar surface area (TPSA) is 53.5 Å². The lowest BCUT2D eigenvalue weighted by atomic mass is 9.82. The number of rotatable bonds is 3. The molecule has 30 heavy (non-hydrogen) atoms. The molecule has 5 nitrogen and oxygen atoms in total. The highest BCUT2D eigenvalue weighted by Crippen LogP contribution is 2.42. The van der Waals surface area contributed by atoms with Gasteiger partial charge in [-0.1, -0.05) is 12.1 Å². The number of alkyl halides is 3. The molecular weight excluding hydrogens is 395 g/mol. The Balaban J connectivity index is 1.56. The molecule has 8 heteroatoms. The lowest BCUT2D eigenvalue weighted by Crippen LogP contribution is -2.60. The zero-order chi connectivity index (χ0) is 21.5. The van der Waals surface area contributed by atoms with Crippen molar-refractivity contribution >= 4 is 11.8 Å². The maximum atomic E-state index is 13.0. The Morgan fingerprint density at radius 1 is 1.23 bits per heavy atom. The molecule has 1 aromatic carbocycles. The van der Waals surface area contributed by atoms with Crippen molar-refractivity contribution in [2.24, 2.45) is 0 Å². The van der Waals surface area contributed by atoms with Crippen LogP contribution in [0, 0.1) is 0 Å². The van der Waals surface area contributed by atoms with E-state index in [1.165, 1.54) is 18.3 Å². The molecule has 0 spiro atoms. The first-order valence-corrected chi connectivity index (χ1v) is 9.88. The zero-order valence-corrected chi connectivity index (χ0v) is 16.5. The van der Waals surface area contributed by atoms with Gasteiger partial charge in [-0.25, -0.2) is 0 Å². The lowest BCUT2D eigenvalue weighted by molar-refractivity contribution is -0.144. The summed E-state index contributed by atoms with van der Waals surface area (Å²) in [6.45, 7) is 2.71. The molecule has 2 amide bonds. The molecule has 158 valence electrons. The van der Waals surface area contributed by atoms with Crippen LogP contribution in [0.3, 0.4) is 0 Å². The van der Waals surface area contributed by atoms with Gasteiger partial charge in [0.1, 0.15) is 0 Å². The van der Waals surface area contributed by atoms with Gasteiger partial charge in [-0.3, -0.25) is 14.6 Å². The van der Waals surface area contributed by atoms with E-state index in [-0.39, 0.29) is 24.4 Å². The second-order valence-electron chi connectivity index (χ2n) is 8.08. The van der Waals surface area contributed by atoms with Gasteiger partial charge in [-0.2, -0.15) is 13.2 Å². The van der Waals surface area contributed by atoms with Crippen molar-refractivity contribution in [3.05, 3.63) is 65.5 Å². The number of pyridine rings is 1. The number of carbonyl (C=O) groups is 2. The van der Waals surface area contributed by atoms with Crippen LogP contribution in [0.2, 0.25) is 0 Å². The van der Waals surface area contributed by atoms with Crippen molar-refractivity contribution in [2.75, 3.05) is 6.54 Å². The van der Waals surface area contributed by atoms with E-state index in [4.69, 9.17) is 0 Å². The van der Waals surface area contributed by atoms with Crippen molar-refractivity contribution in [3.8, 4) is 0 Å². The molecule has 3 heterocycles. The standard InChI is InChI=1S/C22H22F3N3O2/c1-21-10-12-27(20(30)16-3-2-11-26-13-16)18(21)8-9-19(29)28(21)14-15-4-6-17(7-5-15)22(23,24)25/h2-7,11,13,18H,8-10,12,14H2,1H3/t18-,21-/m0/s1. The number of benzene rings is 1. The van der Waals surface area contributed by atoms with Gasteiger partial charge in [0.25, 0.3) is 5.91 Å². The van der Waals surface area contributed by atoms with E-state index in [9.17, 15) is 22.8 Å². The van der Waals surface area contributed by atoms with E-state index in [1.807, 2.05) is 11.8 Å². The first-order valence-electron chi connectivity index (χ1n) is 9.88. The highest BCUT2D eigenvalue weighted by molar-refractivity contribution is 5.94. The Morgan fingerprint density at radius 3 is 2.60 bits per heavy atom. The van der Waals surface area contributed by atoms with Crippen LogP contribution in [0.5, 0.6) is 0 Å². The van der Waals surface area contributed by atoms with Gasteiger partial charge in [0.2, 0.25) is 5.91 Å². The van der Waals surface area contributed by atoms with Gasteiger partial charge in [-0.15, -0.1) is 0 Å². The number of halogens is 3. The van der Waals surface area contributed by atoms with E-state index >= 15 is 0 Å². The zero-order valence-electron chi connectivity index (χ0n) is 16.5. The Labute approximate surface area is 172 Å². The fourth-order valence-electron chi connectivity index (χ4n) is 4.62. The molecule has 0 saturated carbocycles. The van der Waals surface area contributed by atoms with Crippen LogP contribution in [-0.4, -0.2) is 44.7 Å². The van der Waals surface area contributed by atoms with E-state index in [1.54, 1.807) is 23.2 Å². The Morgan fingerprint density at radius 2 is 1.97 bits per heavy atom. The second kappa shape index (κ2) is 7.41. The molecule has 0 N–H and O–H groups in total. The van der Waals surface area contributed by atoms with Crippen molar-refractivity contribution in [2.45, 2.75) is 50.5 Å². The van der Waals surface area contributed by atoms with Gasteiger partial charge in [-0.05, 0) is 49.6 Å². The molecule has 0 bridgehead atoms. The third-order valence-corrected chi connectivity index (χ3v) is 6.29. The number of piperidine rings is 1. The number of hydrogen-bond acceptors (Lipinski definition) is 3. The molecule has 0 unspecified atom stereocenters. The normalized spacial score (nSPS) is 24.1. The third kappa shape index (κ3) is 3.55. The van der Waals surface area contributed by atoms with E-state index in [0.717, 1.165) is 12.1 Å². The number of amides is 2. The van der Waals surface area contributed by atoms with Gasteiger partial charge < -0.3 is 9.80 Å². The number of fused-ring (bicyclic) bond motifs is 1. The molecule has 2 atom stereocenters. The van der Waals surface area contributed by atoms with Crippen LogP contribution in [0.15, 0.2) is 48.8 Å². The van der Waals surface area contributed by atoms with E-state index < -0.39 is 17.3 Å². The fraction of sp³-hybridized carbons (Fsp3) is 0.409. The van der Waals surface area contributed by atoms with Crippen molar-refractivity contribution in [1.82, 2.24) is 14.8 Å². The summed E-state index contributed by atoms with van der Waals surface area (Å²) in [5.74, 6) is -0.148. The van der Waals surface area contributed by atoms with Crippen molar-refractivity contribution in [1.29, 1.82) is 0 Å². The number of hydrogen-bond donors (Lipinski definition) is 0. The molecule has 2 aliphatic rings. The first kappa shape index (κ1) is 20.4. The van der Waals surface area contributed by atoms with Gasteiger partial charge in [0.15, 0.2) is 0 Å². The number of carbonyl (C=O) groups excluding carboxylic acids is 2. The second-order valence-corrected chi connectivity index (χ2v) is 8.08. The van der Waals surface area contributed by atoms with Gasteiger partial charge >= 0.3 is 6.18 Å². The summed E-state index contributed by atoms with van der Waals surface area (Å²) in [7, 11) is 0. The minimum Gasteiger partial charge on any atom is -0.333 e. The summed E-state index contributed by atoms with van der Waals surface area (Å²) >= 11 is 0. The molecule has 0 radical (unpaired) electrons. The Bertz CT molecular complexity index is 946. The highest BCUT2D eigenvalue weighted by atomic mass is 19.4. The Hall–Kier alpha value is -2.90. The van der Waals surface area contributed by atoms with Crippen LogP contribution in [-0.2, 0) is 17.5 Å². The average Bonchev–Trinajstić information content (AvgIpc) is 3.07. The monoisotopic (exact) mass is 417 g/mol. The SMILES string of the molecule is C[C@]12CCN(C(=O)c3cccnc3)[C@H]1CCC(=O)N2Cc1ccc(C(F)(F)F)cc1. The summed E-state index contributed by atoms with van der Waals surface area (Å²) in [5, 5.41) is 0. The summed E-state index contributed by atoms with van der Waals surface area (Å²) in [6, 6.07) is 8.19. The summed E-state index contributed by atoms with van der Waals surface area (Å²) in [5.41, 5.74) is -0.131. The molecule has 2 fully saturated rings.